The van der Waals surface area contributed by atoms with Gasteiger partial charge >= 0.3 is 0 Å². The highest BCUT2D eigenvalue weighted by Gasteiger charge is 2.28. The summed E-state index contributed by atoms with van der Waals surface area (Å²) in [5.74, 6) is 0.247. The van der Waals surface area contributed by atoms with E-state index in [1.54, 1.807) is 11.8 Å². The van der Waals surface area contributed by atoms with Gasteiger partial charge in [0.1, 0.15) is 5.25 Å². The predicted octanol–water partition coefficient (Wildman–Crippen LogP) is 4.45. The first-order chi connectivity index (χ1) is 10.8. The standard InChI is InChI=1S/C19H21NOS/c1-15-9-5-6-12-17(15)22-18(16-10-3-2-4-11-16)19(21)20-13-7-8-14-20/h2-6,9-12,18H,7-8,13-14H2,1H3. The SMILES string of the molecule is Cc1ccccc1SC(C(=O)N1CCCC1)c1ccccc1. The molecule has 114 valence electrons. The summed E-state index contributed by atoms with van der Waals surface area (Å²) in [5.41, 5.74) is 2.32. The molecule has 1 amide bonds. The van der Waals surface area contributed by atoms with E-state index >= 15 is 0 Å². The van der Waals surface area contributed by atoms with Crippen LogP contribution in [-0.4, -0.2) is 23.9 Å². The molecule has 0 spiro atoms. The molecule has 1 saturated heterocycles. The van der Waals surface area contributed by atoms with Gasteiger partial charge in [0.25, 0.3) is 0 Å². The fourth-order valence-electron chi connectivity index (χ4n) is 2.81. The fourth-order valence-corrected chi connectivity index (χ4v) is 4.02. The second-order valence-electron chi connectivity index (χ2n) is 5.71. The van der Waals surface area contributed by atoms with Crippen LogP contribution in [0.4, 0.5) is 0 Å². The molecular formula is C19H21NOS. The van der Waals surface area contributed by atoms with E-state index in [0.717, 1.165) is 31.5 Å². The average molecular weight is 311 g/mol. The van der Waals surface area contributed by atoms with E-state index < -0.39 is 0 Å². The number of nitrogens with zero attached hydrogens (tertiary/aromatic N) is 1. The molecule has 1 unspecified atom stereocenters. The number of aryl methyl sites for hydroxylation is 1. The van der Waals surface area contributed by atoms with Crippen molar-refractivity contribution in [3.05, 3.63) is 65.7 Å². The lowest BCUT2D eigenvalue weighted by atomic mass is 10.1. The van der Waals surface area contributed by atoms with E-state index in [4.69, 9.17) is 0 Å². The molecule has 2 nitrogen and oxygen atoms in total. The minimum absolute atomic E-state index is 0.152. The van der Waals surface area contributed by atoms with Crippen molar-refractivity contribution in [1.29, 1.82) is 0 Å². The summed E-state index contributed by atoms with van der Waals surface area (Å²) in [5, 5.41) is -0.152. The van der Waals surface area contributed by atoms with Crippen molar-refractivity contribution in [2.75, 3.05) is 13.1 Å². The lowest BCUT2D eigenvalue weighted by Crippen LogP contribution is -2.31. The topological polar surface area (TPSA) is 20.3 Å². The van der Waals surface area contributed by atoms with Gasteiger partial charge in [-0.2, -0.15) is 0 Å². The summed E-state index contributed by atoms with van der Waals surface area (Å²) >= 11 is 1.67. The molecular weight excluding hydrogens is 290 g/mol. The molecule has 0 radical (unpaired) electrons. The maximum atomic E-state index is 13.0. The zero-order valence-corrected chi connectivity index (χ0v) is 13.7. The number of amides is 1. The number of carbonyl (C=O) groups excluding carboxylic acids is 1. The van der Waals surface area contributed by atoms with E-state index in [2.05, 4.69) is 31.2 Å². The Balaban J connectivity index is 1.89. The Kier molecular flexibility index (Phi) is 4.84. The van der Waals surface area contributed by atoms with Crippen molar-refractivity contribution in [2.24, 2.45) is 0 Å². The van der Waals surface area contributed by atoms with Crippen molar-refractivity contribution in [3.63, 3.8) is 0 Å². The zero-order valence-electron chi connectivity index (χ0n) is 12.9. The molecule has 1 heterocycles. The monoisotopic (exact) mass is 311 g/mol. The molecule has 22 heavy (non-hydrogen) atoms. The third-order valence-electron chi connectivity index (χ3n) is 4.08. The van der Waals surface area contributed by atoms with E-state index in [1.165, 1.54) is 10.5 Å². The Bertz CT molecular complexity index is 635. The molecule has 3 rings (SSSR count). The quantitative estimate of drug-likeness (QED) is 0.777. The van der Waals surface area contributed by atoms with Gasteiger partial charge in [0.2, 0.25) is 5.91 Å². The maximum Gasteiger partial charge on any atom is 0.240 e. The van der Waals surface area contributed by atoms with Gasteiger partial charge in [-0.3, -0.25) is 4.79 Å². The van der Waals surface area contributed by atoms with Crippen LogP contribution in [0.2, 0.25) is 0 Å². The second kappa shape index (κ2) is 7.01. The van der Waals surface area contributed by atoms with Gasteiger partial charge in [0.15, 0.2) is 0 Å². The Hall–Kier alpha value is -1.74. The zero-order chi connectivity index (χ0) is 15.4. The highest BCUT2D eigenvalue weighted by atomic mass is 32.2. The van der Waals surface area contributed by atoms with Crippen LogP contribution in [0.15, 0.2) is 59.5 Å². The molecule has 2 aromatic rings. The van der Waals surface area contributed by atoms with Gasteiger partial charge in [0.05, 0.1) is 0 Å². The summed E-state index contributed by atoms with van der Waals surface area (Å²) in [4.78, 5) is 16.2. The summed E-state index contributed by atoms with van der Waals surface area (Å²) in [6.45, 7) is 3.90. The van der Waals surface area contributed by atoms with Crippen molar-refractivity contribution in [1.82, 2.24) is 4.90 Å². The number of carbonyl (C=O) groups is 1. The van der Waals surface area contributed by atoms with Gasteiger partial charge in [0, 0.05) is 18.0 Å². The number of hydrogen-bond acceptors (Lipinski definition) is 2. The van der Waals surface area contributed by atoms with Crippen molar-refractivity contribution >= 4 is 17.7 Å². The number of hydrogen-bond donors (Lipinski definition) is 0. The van der Waals surface area contributed by atoms with Crippen LogP contribution in [0.5, 0.6) is 0 Å². The van der Waals surface area contributed by atoms with Crippen LogP contribution < -0.4 is 0 Å². The average Bonchev–Trinajstić information content (AvgIpc) is 3.09. The highest BCUT2D eigenvalue weighted by molar-refractivity contribution is 8.00. The molecule has 1 fully saturated rings. The van der Waals surface area contributed by atoms with Gasteiger partial charge in [-0.1, -0.05) is 48.5 Å². The summed E-state index contributed by atoms with van der Waals surface area (Å²) in [6, 6.07) is 18.4. The number of benzene rings is 2. The van der Waals surface area contributed by atoms with E-state index in [1.807, 2.05) is 35.2 Å². The van der Waals surface area contributed by atoms with Crippen LogP contribution in [0, 0.1) is 6.92 Å². The van der Waals surface area contributed by atoms with Crippen LogP contribution in [-0.2, 0) is 4.79 Å². The molecule has 1 aliphatic heterocycles. The normalized spacial score (nSPS) is 15.8. The first kappa shape index (κ1) is 15.2. The maximum absolute atomic E-state index is 13.0. The Morgan fingerprint density at radius 3 is 2.32 bits per heavy atom. The molecule has 0 saturated carbocycles. The van der Waals surface area contributed by atoms with Gasteiger partial charge in [-0.15, -0.1) is 11.8 Å². The van der Waals surface area contributed by atoms with Crippen molar-refractivity contribution < 1.29 is 4.79 Å². The predicted molar refractivity (Wildman–Crippen MR) is 92.0 cm³/mol. The van der Waals surface area contributed by atoms with Crippen LogP contribution in [0.3, 0.4) is 0 Å². The molecule has 3 heteroatoms. The van der Waals surface area contributed by atoms with E-state index in [9.17, 15) is 4.79 Å². The number of likely N-dealkylation sites (tertiary alicyclic amines) is 1. The van der Waals surface area contributed by atoms with Crippen LogP contribution in [0.25, 0.3) is 0 Å². The molecule has 0 N–H and O–H groups in total. The van der Waals surface area contributed by atoms with Gasteiger partial charge < -0.3 is 4.90 Å². The summed E-state index contributed by atoms with van der Waals surface area (Å²) in [7, 11) is 0. The lowest BCUT2D eigenvalue weighted by Gasteiger charge is -2.23. The fraction of sp³-hybridized carbons (Fsp3) is 0.316. The highest BCUT2D eigenvalue weighted by Crippen LogP contribution is 2.38. The smallest absolute Gasteiger partial charge is 0.240 e. The first-order valence-electron chi connectivity index (χ1n) is 7.82. The molecule has 0 bridgehead atoms. The Morgan fingerprint density at radius 2 is 1.64 bits per heavy atom. The van der Waals surface area contributed by atoms with Crippen molar-refractivity contribution in [2.45, 2.75) is 29.9 Å². The first-order valence-corrected chi connectivity index (χ1v) is 8.70. The number of thioether (sulfide) groups is 1. The molecule has 0 aromatic heterocycles. The minimum atomic E-state index is -0.152. The number of rotatable bonds is 4. The third kappa shape index (κ3) is 3.36. The minimum Gasteiger partial charge on any atom is -0.341 e. The molecule has 1 aliphatic rings. The van der Waals surface area contributed by atoms with Gasteiger partial charge in [-0.05, 0) is 37.0 Å². The molecule has 2 aromatic carbocycles. The van der Waals surface area contributed by atoms with E-state index in [-0.39, 0.29) is 11.2 Å². The van der Waals surface area contributed by atoms with Crippen LogP contribution >= 0.6 is 11.8 Å². The lowest BCUT2D eigenvalue weighted by molar-refractivity contribution is -0.129. The third-order valence-corrected chi connectivity index (χ3v) is 5.50. The second-order valence-corrected chi connectivity index (χ2v) is 6.85. The van der Waals surface area contributed by atoms with Crippen LogP contribution in [0.1, 0.15) is 29.2 Å². The Labute approximate surface area is 136 Å². The largest absolute Gasteiger partial charge is 0.341 e. The molecule has 1 atom stereocenters. The summed E-state index contributed by atoms with van der Waals surface area (Å²) < 4.78 is 0. The van der Waals surface area contributed by atoms with Crippen molar-refractivity contribution in [3.8, 4) is 0 Å². The molecule has 0 aliphatic carbocycles. The Morgan fingerprint density at radius 1 is 1.00 bits per heavy atom. The summed E-state index contributed by atoms with van der Waals surface area (Å²) in [6.07, 6.45) is 2.25. The van der Waals surface area contributed by atoms with E-state index in [0.29, 0.717) is 0 Å². The van der Waals surface area contributed by atoms with Gasteiger partial charge in [-0.25, -0.2) is 0 Å².